The molecule has 146 valence electrons. The Morgan fingerprint density at radius 2 is 2.18 bits per heavy atom. The summed E-state index contributed by atoms with van der Waals surface area (Å²) in [7, 11) is 1.90. The summed E-state index contributed by atoms with van der Waals surface area (Å²) >= 11 is 1.81. The van der Waals surface area contributed by atoms with Gasteiger partial charge in [-0.1, -0.05) is 0 Å². The predicted molar refractivity (Wildman–Crippen MR) is 109 cm³/mol. The molecule has 0 aromatic carbocycles. The van der Waals surface area contributed by atoms with Crippen LogP contribution in [0.4, 0.5) is 5.82 Å². The van der Waals surface area contributed by atoms with Gasteiger partial charge in [0.15, 0.2) is 5.65 Å². The van der Waals surface area contributed by atoms with Gasteiger partial charge >= 0.3 is 0 Å². The summed E-state index contributed by atoms with van der Waals surface area (Å²) in [5.41, 5.74) is 2.16. The third-order valence-electron chi connectivity index (χ3n) is 5.87. The fourth-order valence-electron chi connectivity index (χ4n) is 4.42. The van der Waals surface area contributed by atoms with Crippen molar-refractivity contribution in [3.8, 4) is 0 Å². The van der Waals surface area contributed by atoms with Crippen molar-refractivity contribution in [2.24, 2.45) is 13.0 Å². The van der Waals surface area contributed by atoms with E-state index in [-0.39, 0.29) is 11.8 Å². The summed E-state index contributed by atoms with van der Waals surface area (Å²) in [4.78, 5) is 28.2. The topological polar surface area (TPSA) is 67.2 Å². The van der Waals surface area contributed by atoms with E-state index in [1.807, 2.05) is 36.4 Å². The minimum atomic E-state index is 0.0240. The Balaban J connectivity index is 1.38. The summed E-state index contributed by atoms with van der Waals surface area (Å²) in [6.45, 7) is 5.13. The standard InChI is InChI=1S/C20H24N6OS/c1-13-22-18-16(10-21-24(18)2)19(23-13)25-7-3-4-15(12-25)20(27)26-8-5-17-14(11-26)6-9-28-17/h6,9-10,15H,3-5,7-8,11-12H2,1-2H3. The van der Waals surface area contributed by atoms with Crippen molar-refractivity contribution in [3.63, 3.8) is 0 Å². The van der Waals surface area contributed by atoms with Gasteiger partial charge in [0.2, 0.25) is 5.91 Å². The Morgan fingerprint density at radius 3 is 3.07 bits per heavy atom. The van der Waals surface area contributed by atoms with E-state index in [0.29, 0.717) is 6.54 Å². The van der Waals surface area contributed by atoms with Crippen LogP contribution in [0.5, 0.6) is 0 Å². The highest BCUT2D eigenvalue weighted by atomic mass is 32.1. The lowest BCUT2D eigenvalue weighted by Gasteiger charge is -2.37. The van der Waals surface area contributed by atoms with Crippen molar-refractivity contribution in [3.05, 3.63) is 33.9 Å². The maximum absolute atomic E-state index is 13.2. The van der Waals surface area contributed by atoms with Crippen LogP contribution >= 0.6 is 11.3 Å². The SMILES string of the molecule is Cc1nc(N2CCCC(C(=O)N3CCc4sccc4C3)C2)c2cnn(C)c2n1. The molecule has 0 bridgehead atoms. The van der Waals surface area contributed by atoms with E-state index in [2.05, 4.69) is 26.4 Å². The molecule has 0 N–H and O–H groups in total. The summed E-state index contributed by atoms with van der Waals surface area (Å²) in [5.74, 6) is 1.96. The first-order valence-electron chi connectivity index (χ1n) is 9.85. The molecule has 0 saturated carbocycles. The third-order valence-corrected chi connectivity index (χ3v) is 6.90. The number of rotatable bonds is 2. The van der Waals surface area contributed by atoms with E-state index < -0.39 is 0 Å². The number of piperidine rings is 1. The molecule has 3 aromatic heterocycles. The van der Waals surface area contributed by atoms with Gasteiger partial charge in [-0.3, -0.25) is 9.48 Å². The van der Waals surface area contributed by atoms with Crippen molar-refractivity contribution < 1.29 is 4.79 Å². The normalized spacial score (nSPS) is 19.9. The summed E-state index contributed by atoms with van der Waals surface area (Å²) in [6, 6.07) is 2.16. The molecule has 1 saturated heterocycles. The number of thiophene rings is 1. The van der Waals surface area contributed by atoms with Crippen LogP contribution in [0.1, 0.15) is 29.1 Å². The molecule has 7 nitrogen and oxygen atoms in total. The third kappa shape index (κ3) is 2.96. The second-order valence-electron chi connectivity index (χ2n) is 7.76. The molecular weight excluding hydrogens is 372 g/mol. The van der Waals surface area contributed by atoms with Crippen LogP contribution in [0.15, 0.2) is 17.6 Å². The molecule has 0 spiro atoms. The number of amides is 1. The zero-order valence-electron chi connectivity index (χ0n) is 16.3. The van der Waals surface area contributed by atoms with Crippen molar-refractivity contribution in [2.45, 2.75) is 32.7 Å². The van der Waals surface area contributed by atoms with Gasteiger partial charge in [0.25, 0.3) is 0 Å². The highest BCUT2D eigenvalue weighted by Gasteiger charge is 2.32. The molecule has 3 aromatic rings. The van der Waals surface area contributed by atoms with Crippen molar-refractivity contribution in [2.75, 3.05) is 24.5 Å². The Kier molecular flexibility index (Phi) is 4.30. The molecule has 2 aliphatic heterocycles. The van der Waals surface area contributed by atoms with E-state index >= 15 is 0 Å². The molecule has 28 heavy (non-hydrogen) atoms. The van der Waals surface area contributed by atoms with E-state index in [1.54, 1.807) is 4.68 Å². The number of hydrogen-bond donors (Lipinski definition) is 0. The number of fused-ring (bicyclic) bond motifs is 2. The molecule has 1 atom stereocenters. The van der Waals surface area contributed by atoms with Crippen molar-refractivity contribution >= 4 is 34.1 Å². The van der Waals surface area contributed by atoms with Crippen LogP contribution in [0, 0.1) is 12.8 Å². The van der Waals surface area contributed by atoms with Gasteiger partial charge in [0.05, 0.1) is 17.5 Å². The fourth-order valence-corrected chi connectivity index (χ4v) is 5.31. The van der Waals surface area contributed by atoms with Crippen LogP contribution in [-0.4, -0.2) is 50.2 Å². The van der Waals surface area contributed by atoms with Crippen molar-refractivity contribution in [1.82, 2.24) is 24.6 Å². The summed E-state index contributed by atoms with van der Waals surface area (Å²) < 4.78 is 1.78. The van der Waals surface area contributed by atoms with E-state index in [1.165, 1.54) is 10.4 Å². The lowest BCUT2D eigenvalue weighted by Crippen LogP contribution is -2.46. The van der Waals surface area contributed by atoms with Crippen LogP contribution < -0.4 is 4.90 Å². The largest absolute Gasteiger partial charge is 0.355 e. The first-order valence-corrected chi connectivity index (χ1v) is 10.7. The lowest BCUT2D eigenvalue weighted by molar-refractivity contribution is -0.136. The second kappa shape index (κ2) is 6.84. The number of carbonyl (C=O) groups is 1. The average Bonchev–Trinajstić information content (AvgIpc) is 3.33. The summed E-state index contributed by atoms with van der Waals surface area (Å²) in [6.07, 6.45) is 4.76. The molecule has 2 aliphatic rings. The number of anilines is 1. The second-order valence-corrected chi connectivity index (χ2v) is 8.76. The number of aryl methyl sites for hydroxylation is 2. The highest BCUT2D eigenvalue weighted by molar-refractivity contribution is 7.10. The Hall–Kier alpha value is -2.48. The van der Waals surface area contributed by atoms with Crippen LogP contribution in [0.25, 0.3) is 11.0 Å². The zero-order chi connectivity index (χ0) is 19.3. The molecule has 8 heteroatoms. The van der Waals surface area contributed by atoms with E-state index in [9.17, 15) is 4.79 Å². The number of aromatic nitrogens is 4. The maximum atomic E-state index is 13.2. The summed E-state index contributed by atoms with van der Waals surface area (Å²) in [5, 5.41) is 7.45. The molecule has 1 unspecified atom stereocenters. The average molecular weight is 397 g/mol. The monoisotopic (exact) mass is 396 g/mol. The molecule has 1 fully saturated rings. The molecule has 0 aliphatic carbocycles. The Morgan fingerprint density at radius 1 is 1.29 bits per heavy atom. The van der Waals surface area contributed by atoms with Gasteiger partial charge in [0, 0.05) is 38.1 Å². The Labute approximate surface area is 168 Å². The van der Waals surface area contributed by atoms with Gasteiger partial charge < -0.3 is 9.80 Å². The van der Waals surface area contributed by atoms with Gasteiger partial charge in [0.1, 0.15) is 11.6 Å². The number of carbonyl (C=O) groups excluding carboxylic acids is 1. The zero-order valence-corrected chi connectivity index (χ0v) is 17.1. The quantitative estimate of drug-likeness (QED) is 0.666. The van der Waals surface area contributed by atoms with Crippen molar-refractivity contribution in [1.29, 1.82) is 0 Å². The van der Waals surface area contributed by atoms with Gasteiger partial charge in [-0.25, -0.2) is 9.97 Å². The van der Waals surface area contributed by atoms with E-state index in [0.717, 1.165) is 61.6 Å². The first-order chi connectivity index (χ1) is 13.6. The van der Waals surface area contributed by atoms with Gasteiger partial charge in [-0.2, -0.15) is 5.10 Å². The van der Waals surface area contributed by atoms with Gasteiger partial charge in [-0.05, 0) is 43.2 Å². The van der Waals surface area contributed by atoms with Crippen LogP contribution in [-0.2, 0) is 24.8 Å². The van der Waals surface area contributed by atoms with Gasteiger partial charge in [-0.15, -0.1) is 11.3 Å². The first kappa shape index (κ1) is 17.6. The number of hydrogen-bond acceptors (Lipinski definition) is 6. The van der Waals surface area contributed by atoms with Crippen LogP contribution in [0.3, 0.4) is 0 Å². The molecule has 5 rings (SSSR count). The Bertz CT molecular complexity index is 1040. The molecule has 1 amide bonds. The maximum Gasteiger partial charge on any atom is 0.227 e. The molecule has 5 heterocycles. The highest BCUT2D eigenvalue weighted by Crippen LogP contribution is 2.30. The lowest BCUT2D eigenvalue weighted by atomic mass is 9.95. The van der Waals surface area contributed by atoms with Crippen LogP contribution in [0.2, 0.25) is 0 Å². The predicted octanol–water partition coefficient (Wildman–Crippen LogP) is 2.53. The number of nitrogens with zero attached hydrogens (tertiary/aromatic N) is 6. The van der Waals surface area contributed by atoms with E-state index in [4.69, 9.17) is 4.98 Å². The fraction of sp³-hybridized carbons (Fsp3) is 0.500. The molecular formula is C20H24N6OS. The minimum Gasteiger partial charge on any atom is -0.355 e. The minimum absolute atomic E-state index is 0.0240. The smallest absolute Gasteiger partial charge is 0.227 e. The molecule has 0 radical (unpaired) electrons.